The van der Waals surface area contributed by atoms with E-state index < -0.39 is 0 Å². The predicted octanol–water partition coefficient (Wildman–Crippen LogP) is 3.61. The Balaban J connectivity index is 0.000000344. The molecule has 3 aromatic rings. The summed E-state index contributed by atoms with van der Waals surface area (Å²) >= 11 is 0. The average molecular weight is 328 g/mol. The van der Waals surface area contributed by atoms with Gasteiger partial charge in [-0.2, -0.15) is 12.1 Å². The van der Waals surface area contributed by atoms with Gasteiger partial charge in [-0.3, -0.25) is 0 Å². The monoisotopic (exact) mass is 328 g/mol. The summed E-state index contributed by atoms with van der Waals surface area (Å²) in [5.74, 6) is -0.182. The molecule has 0 spiro atoms. The van der Waals surface area contributed by atoms with Crippen LogP contribution >= 0.6 is 0 Å². The van der Waals surface area contributed by atoms with Gasteiger partial charge in [0, 0.05) is 17.1 Å². The van der Waals surface area contributed by atoms with Gasteiger partial charge in [-0.05, 0) is 12.1 Å². The second-order valence-electron chi connectivity index (χ2n) is 4.12. The fourth-order valence-corrected chi connectivity index (χ4v) is 1.62. The van der Waals surface area contributed by atoms with Crippen molar-refractivity contribution in [2.45, 2.75) is 0 Å². The third-order valence-electron chi connectivity index (χ3n) is 2.64. The molecule has 0 fully saturated rings. The molecule has 0 saturated carbocycles. The minimum absolute atomic E-state index is 0. The van der Waals surface area contributed by atoms with Gasteiger partial charge in [0.25, 0.3) is 0 Å². The molecule has 0 radical (unpaired) electrons. The number of para-hydroxylation sites is 1. The summed E-state index contributed by atoms with van der Waals surface area (Å²) in [6.45, 7) is 0. The summed E-state index contributed by atoms with van der Waals surface area (Å²) in [5, 5.41) is 9.48. The quantitative estimate of drug-likeness (QED) is 0.345. The third kappa shape index (κ3) is 5.57. The Labute approximate surface area is 140 Å². The van der Waals surface area contributed by atoms with E-state index in [0.717, 1.165) is 5.56 Å². The molecule has 3 aromatic carbocycles. The normalized spacial score (nSPS) is 9.64. The molecule has 3 heteroatoms. The summed E-state index contributed by atoms with van der Waals surface area (Å²) in [7, 11) is 0. The van der Waals surface area contributed by atoms with Crippen LogP contribution < -0.4 is 0 Å². The van der Waals surface area contributed by atoms with Gasteiger partial charge < -0.3 is 40.2 Å². The SMILES string of the molecule is O=C(C=C[c-]1cccc1)c1ccccc1O.[Fe].[c-]1[c-][c-][cH-][c-]1. The van der Waals surface area contributed by atoms with Crippen LogP contribution in [0.3, 0.4) is 0 Å². The Morgan fingerprint density at radius 3 is 2.27 bits per heavy atom. The minimum atomic E-state index is -0.195. The molecule has 0 unspecified atom stereocenters. The van der Waals surface area contributed by atoms with Crippen molar-refractivity contribution in [1.29, 1.82) is 0 Å². The number of rotatable bonds is 3. The van der Waals surface area contributed by atoms with E-state index >= 15 is 0 Å². The van der Waals surface area contributed by atoms with Crippen LogP contribution in [-0.2, 0) is 17.1 Å². The van der Waals surface area contributed by atoms with E-state index in [2.05, 4.69) is 24.3 Å². The van der Waals surface area contributed by atoms with Crippen molar-refractivity contribution >= 4 is 11.9 Å². The number of carbonyl (C=O) groups excluding carboxylic acids is 1. The molecular weight excluding hydrogens is 316 g/mol. The van der Waals surface area contributed by atoms with Gasteiger partial charge in [0.1, 0.15) is 11.5 Å². The number of aromatic hydroxyl groups is 1. The van der Waals surface area contributed by atoms with Crippen LogP contribution in [0.2, 0.25) is 0 Å². The summed E-state index contributed by atoms with van der Waals surface area (Å²) < 4.78 is 0. The van der Waals surface area contributed by atoms with Gasteiger partial charge in [0.05, 0.1) is 5.56 Å². The first-order chi connectivity index (χ1) is 10.3. The van der Waals surface area contributed by atoms with Crippen LogP contribution in [0.25, 0.3) is 6.08 Å². The number of allylic oxidation sites excluding steroid dienone is 1. The fourth-order valence-electron chi connectivity index (χ4n) is 1.62. The first-order valence-electron chi connectivity index (χ1n) is 6.32. The molecule has 22 heavy (non-hydrogen) atoms. The number of phenols is 1. The molecule has 1 N–H and O–H groups in total. The van der Waals surface area contributed by atoms with Gasteiger partial charge in [-0.1, -0.05) is 18.2 Å². The Hall–Kier alpha value is -2.35. The van der Waals surface area contributed by atoms with E-state index in [0.29, 0.717) is 5.56 Å². The molecule has 0 saturated heterocycles. The summed E-state index contributed by atoms with van der Waals surface area (Å²) in [5.41, 5.74) is 1.30. The fraction of sp³-hybridized carbons (Fsp3) is 0. The number of ketones is 1. The van der Waals surface area contributed by atoms with Crippen LogP contribution in [0.5, 0.6) is 5.75 Å². The van der Waals surface area contributed by atoms with Crippen molar-refractivity contribution < 1.29 is 27.0 Å². The number of hydrogen-bond acceptors (Lipinski definition) is 2. The molecule has 0 aliphatic heterocycles. The summed E-state index contributed by atoms with van der Waals surface area (Å²) in [4.78, 5) is 11.7. The summed E-state index contributed by atoms with van der Waals surface area (Å²) in [6, 6.07) is 26.2. The van der Waals surface area contributed by atoms with Crippen molar-refractivity contribution in [3.8, 4) is 5.75 Å². The Bertz CT molecular complexity index is 663. The molecule has 0 aromatic heterocycles. The topological polar surface area (TPSA) is 37.3 Å². The Morgan fingerprint density at radius 1 is 1.09 bits per heavy atom. The minimum Gasteiger partial charge on any atom is -0.999 e. The van der Waals surface area contributed by atoms with Crippen molar-refractivity contribution in [2.24, 2.45) is 0 Å². The van der Waals surface area contributed by atoms with Crippen molar-refractivity contribution in [3.05, 3.63) is 96.1 Å². The molecule has 2 nitrogen and oxygen atoms in total. The van der Waals surface area contributed by atoms with Crippen LogP contribution in [0.1, 0.15) is 15.9 Å². The van der Waals surface area contributed by atoms with Crippen molar-refractivity contribution in [1.82, 2.24) is 0 Å². The largest absolute Gasteiger partial charge is 0.999 e. The van der Waals surface area contributed by atoms with Gasteiger partial charge in [-0.25, -0.2) is 0 Å². The molecule has 0 heterocycles. The van der Waals surface area contributed by atoms with E-state index in [9.17, 15) is 9.90 Å². The molecule has 0 aliphatic rings. The second kappa shape index (κ2) is 9.56. The second-order valence-corrected chi connectivity index (χ2v) is 4.12. The number of phenolic OH excluding ortho intramolecular Hbond substituents is 1. The smallest absolute Gasteiger partial charge is 0.149 e. The maximum absolute atomic E-state index is 11.7. The van der Waals surface area contributed by atoms with Gasteiger partial charge >= 0.3 is 0 Å². The molecule has 0 amide bonds. The molecule has 0 atom stereocenters. The van der Waals surface area contributed by atoms with Crippen LogP contribution in [0, 0.1) is 24.3 Å². The first kappa shape index (κ1) is 17.7. The van der Waals surface area contributed by atoms with E-state index in [1.54, 1.807) is 30.3 Å². The van der Waals surface area contributed by atoms with Crippen LogP contribution in [-0.4, -0.2) is 10.9 Å². The van der Waals surface area contributed by atoms with Gasteiger partial charge in [0.15, 0.2) is 0 Å². The van der Waals surface area contributed by atoms with Crippen LogP contribution in [0.4, 0.5) is 0 Å². The van der Waals surface area contributed by atoms with E-state index in [1.165, 1.54) is 12.1 Å². The van der Waals surface area contributed by atoms with Gasteiger partial charge in [0.2, 0.25) is 0 Å². The zero-order valence-corrected chi connectivity index (χ0v) is 12.7. The number of carbonyl (C=O) groups is 1. The van der Waals surface area contributed by atoms with E-state index in [1.807, 2.05) is 24.3 Å². The van der Waals surface area contributed by atoms with E-state index in [-0.39, 0.29) is 28.6 Å². The number of benzene rings is 1. The average Bonchev–Trinajstić information content (AvgIpc) is 3.21. The van der Waals surface area contributed by atoms with Crippen LogP contribution in [0.15, 0.2) is 60.7 Å². The van der Waals surface area contributed by atoms with Crippen molar-refractivity contribution in [2.75, 3.05) is 0 Å². The molecule has 3 rings (SSSR count). The maximum atomic E-state index is 11.7. The standard InChI is InChI=1S/C14H11O2.C5H.Fe/c15-13-8-4-3-7-12(13)14(16)10-9-11-5-1-2-6-11;1-2-4-5-3-1;/h1-10,15H;1H;/q-1;-5;. The molecule has 114 valence electrons. The molecule has 0 aliphatic carbocycles. The molecule has 0 bridgehead atoms. The zero-order chi connectivity index (χ0) is 14.9. The Morgan fingerprint density at radius 2 is 1.73 bits per heavy atom. The van der Waals surface area contributed by atoms with Gasteiger partial charge in [-0.15, -0.1) is 23.8 Å². The number of hydrogen-bond donors (Lipinski definition) is 1. The Kier molecular flexibility index (Phi) is 7.69. The van der Waals surface area contributed by atoms with E-state index in [4.69, 9.17) is 0 Å². The zero-order valence-electron chi connectivity index (χ0n) is 11.6. The summed E-state index contributed by atoms with van der Waals surface area (Å²) in [6.07, 6.45) is 3.19. The predicted molar refractivity (Wildman–Crippen MR) is 80.9 cm³/mol. The maximum Gasteiger partial charge on any atom is 0.149 e. The van der Waals surface area contributed by atoms with Crippen molar-refractivity contribution in [3.63, 3.8) is 0 Å². The third-order valence-corrected chi connectivity index (χ3v) is 2.64. The molecular formula is C19H12FeO2-6. The first-order valence-corrected chi connectivity index (χ1v) is 6.32.